The van der Waals surface area contributed by atoms with Gasteiger partial charge in [0.05, 0.1) is 29.0 Å². The Morgan fingerprint density at radius 3 is 2.14 bits per heavy atom. The molecule has 2 aromatic carbocycles. The first kappa shape index (κ1) is 35.4. The minimum absolute atomic E-state index is 0.0570. The first-order chi connectivity index (χ1) is 19.2. The molecule has 1 heterocycles. The number of aryl methyl sites for hydroxylation is 1. The number of hydrogen-bond donors (Lipinski definition) is 2. The molecule has 0 saturated carbocycles. The third-order valence-electron chi connectivity index (χ3n) is 5.88. The molecule has 0 aliphatic rings. The summed E-state index contributed by atoms with van der Waals surface area (Å²) < 4.78 is 101. The highest BCUT2D eigenvalue weighted by Gasteiger charge is 2.37. The summed E-state index contributed by atoms with van der Waals surface area (Å²) >= 11 is 0. The molecule has 234 valence electrons. The number of rotatable bonds is 10. The molecule has 0 unspecified atom stereocenters. The number of nitrogens with two attached hydrogens (primary N) is 1. The second kappa shape index (κ2) is 13.7. The van der Waals surface area contributed by atoms with Crippen molar-refractivity contribution in [1.82, 2.24) is 5.16 Å². The summed E-state index contributed by atoms with van der Waals surface area (Å²) in [6.07, 6.45) is -3.84. The van der Waals surface area contributed by atoms with E-state index in [2.05, 4.69) is 29.9 Å². The van der Waals surface area contributed by atoms with Crippen LogP contribution in [0.25, 0.3) is 11.1 Å². The molecule has 1 aromatic heterocycles. The van der Waals surface area contributed by atoms with Crippen LogP contribution in [0, 0.1) is 13.8 Å². The Balaban J connectivity index is 0.00000113. The molecule has 0 amide bonds. The van der Waals surface area contributed by atoms with Gasteiger partial charge in [0.1, 0.15) is 6.73 Å². The van der Waals surface area contributed by atoms with Crippen LogP contribution in [-0.4, -0.2) is 54.8 Å². The Morgan fingerprint density at radius 1 is 1.05 bits per heavy atom. The fourth-order valence-electron chi connectivity index (χ4n) is 3.59. The van der Waals surface area contributed by atoms with Crippen molar-refractivity contribution in [2.24, 2.45) is 5.14 Å². The van der Waals surface area contributed by atoms with Crippen molar-refractivity contribution in [3.05, 3.63) is 64.8 Å². The highest BCUT2D eigenvalue weighted by atomic mass is 32.2. The first-order valence-corrected chi connectivity index (χ1v) is 19.7. The maximum absolute atomic E-state index is 14.0. The molecule has 0 radical (unpaired) electrons. The second-order valence-corrected chi connectivity index (χ2v) is 19.9. The molecule has 0 bridgehead atoms. The van der Waals surface area contributed by atoms with E-state index in [1.807, 2.05) is 0 Å². The maximum Gasteiger partial charge on any atom is 0.417 e. The summed E-state index contributed by atoms with van der Waals surface area (Å²) in [5, 5.41) is 17.5. The van der Waals surface area contributed by atoms with Gasteiger partial charge in [-0.1, -0.05) is 55.1 Å². The van der Waals surface area contributed by atoms with Gasteiger partial charge in [-0.25, -0.2) is 26.3 Å². The van der Waals surface area contributed by atoms with E-state index in [9.17, 15) is 35.1 Å². The zero-order valence-corrected chi connectivity index (χ0v) is 26.8. The lowest BCUT2D eigenvalue weighted by molar-refractivity contribution is -0.137. The summed E-state index contributed by atoms with van der Waals surface area (Å²) in [6, 6.07) is 9.58. The molecule has 3 N–H and O–H groups in total. The van der Waals surface area contributed by atoms with Gasteiger partial charge in [0.2, 0.25) is 15.9 Å². The number of aliphatic hydroxyl groups is 1. The minimum Gasteiger partial charge on any atom is -0.392 e. The SMILES string of the molecule is CS(N)(=O)=O.Cc1noc(N(COCC[Si](C)(C)C)S(=O)(=O)c2ccccc2-c2ccc(CO)cc2C(F)(F)F)c1C. The number of hydrogen-bond acceptors (Lipinski definition) is 8. The van der Waals surface area contributed by atoms with Gasteiger partial charge in [-0.3, -0.25) is 0 Å². The lowest BCUT2D eigenvalue weighted by Crippen LogP contribution is -2.34. The normalized spacial score (nSPS) is 12.5. The molecule has 16 heteroatoms. The van der Waals surface area contributed by atoms with Gasteiger partial charge in [0.25, 0.3) is 10.0 Å². The van der Waals surface area contributed by atoms with E-state index in [0.717, 1.165) is 22.7 Å². The van der Waals surface area contributed by atoms with Crippen LogP contribution in [-0.2, 0) is 37.6 Å². The van der Waals surface area contributed by atoms with Gasteiger partial charge in [0, 0.05) is 25.8 Å². The predicted molar refractivity (Wildman–Crippen MR) is 156 cm³/mol. The van der Waals surface area contributed by atoms with Crippen molar-refractivity contribution >= 4 is 34.0 Å². The second-order valence-electron chi connectivity index (χ2n) is 10.8. The van der Waals surface area contributed by atoms with Crippen molar-refractivity contribution in [2.45, 2.75) is 57.2 Å². The first-order valence-electron chi connectivity index (χ1n) is 12.6. The number of aromatic nitrogens is 1. The predicted octanol–water partition coefficient (Wildman–Crippen LogP) is 4.88. The molecule has 10 nitrogen and oxygen atoms in total. The molecule has 0 spiro atoms. The van der Waals surface area contributed by atoms with Crippen molar-refractivity contribution < 1.29 is 44.4 Å². The van der Waals surface area contributed by atoms with Crippen LogP contribution in [0.5, 0.6) is 0 Å². The minimum atomic E-state index is -4.78. The van der Waals surface area contributed by atoms with E-state index in [1.54, 1.807) is 13.8 Å². The highest BCUT2D eigenvalue weighted by Crippen LogP contribution is 2.41. The average Bonchev–Trinajstić information content (AvgIpc) is 3.18. The molecule has 3 rings (SSSR count). The highest BCUT2D eigenvalue weighted by molar-refractivity contribution is 7.93. The smallest absolute Gasteiger partial charge is 0.392 e. The van der Waals surface area contributed by atoms with E-state index < -0.39 is 53.2 Å². The number of alkyl halides is 3. The summed E-state index contributed by atoms with van der Waals surface area (Å²) in [5.41, 5.74) is -0.509. The van der Waals surface area contributed by atoms with Crippen LogP contribution >= 0.6 is 0 Å². The Bertz CT molecular complexity index is 1580. The summed E-state index contributed by atoms with van der Waals surface area (Å²) in [4.78, 5) is -0.348. The average molecular weight is 652 g/mol. The Kier molecular flexibility index (Phi) is 11.5. The third-order valence-corrected chi connectivity index (χ3v) is 9.35. The number of primary sulfonamides is 1. The molecule has 42 heavy (non-hydrogen) atoms. The molecular formula is C26H36F3N3O7S2Si. The van der Waals surface area contributed by atoms with Crippen LogP contribution in [0.1, 0.15) is 22.4 Å². The van der Waals surface area contributed by atoms with Crippen LogP contribution < -0.4 is 9.44 Å². The van der Waals surface area contributed by atoms with Gasteiger partial charge in [-0.05, 0) is 43.2 Å². The zero-order chi connectivity index (χ0) is 32.1. The molecule has 0 aliphatic heterocycles. The third kappa shape index (κ3) is 9.91. The van der Waals surface area contributed by atoms with Crippen molar-refractivity contribution in [3.8, 4) is 11.1 Å². The van der Waals surface area contributed by atoms with E-state index in [-0.39, 0.29) is 27.5 Å². The summed E-state index contributed by atoms with van der Waals surface area (Å²) in [6.45, 7) is 9.11. The van der Waals surface area contributed by atoms with E-state index in [0.29, 0.717) is 17.9 Å². The number of halogens is 3. The van der Waals surface area contributed by atoms with E-state index in [1.165, 1.54) is 36.4 Å². The molecule has 0 aliphatic carbocycles. The topological polar surface area (TPSA) is 153 Å². The lowest BCUT2D eigenvalue weighted by atomic mass is 9.97. The maximum atomic E-state index is 14.0. The Morgan fingerprint density at radius 2 is 1.64 bits per heavy atom. The van der Waals surface area contributed by atoms with Gasteiger partial charge >= 0.3 is 6.18 Å². The van der Waals surface area contributed by atoms with Gasteiger partial charge in [-0.15, -0.1) is 0 Å². The van der Waals surface area contributed by atoms with Gasteiger partial charge in [-0.2, -0.15) is 13.2 Å². The molecule has 3 aromatic rings. The number of sulfonamides is 2. The van der Waals surface area contributed by atoms with Crippen LogP contribution in [0.4, 0.5) is 19.1 Å². The van der Waals surface area contributed by atoms with E-state index in [4.69, 9.17) is 9.26 Å². The van der Waals surface area contributed by atoms with Crippen molar-refractivity contribution in [1.29, 1.82) is 0 Å². The standard InChI is InChI=1S/C25H31F3N2O5SSi.CH5NO2S/c1-17-18(2)29-35-24(17)30(16-34-12-13-37(3,4)5)36(32,33)23-9-7-6-8-21(23)20-11-10-19(15-31)14-22(20)25(26,27)28;1-5(2,3)4/h6-11,14,31H,12-13,15-16H2,1-5H3;1H3,(H2,2,3,4). The molecule has 0 fully saturated rings. The van der Waals surface area contributed by atoms with Crippen molar-refractivity contribution in [3.63, 3.8) is 0 Å². The number of anilines is 1. The molecule has 0 saturated heterocycles. The number of ether oxygens (including phenoxy) is 1. The largest absolute Gasteiger partial charge is 0.417 e. The number of aliphatic hydroxyl groups excluding tert-OH is 1. The Labute approximate surface area is 245 Å². The fraction of sp³-hybridized carbons (Fsp3) is 0.423. The fourth-order valence-corrected chi connectivity index (χ4v) is 5.89. The van der Waals surface area contributed by atoms with Crippen LogP contribution in [0.3, 0.4) is 0 Å². The van der Waals surface area contributed by atoms with Gasteiger partial charge < -0.3 is 14.4 Å². The van der Waals surface area contributed by atoms with Crippen molar-refractivity contribution in [2.75, 3.05) is 23.9 Å². The zero-order valence-electron chi connectivity index (χ0n) is 24.2. The van der Waals surface area contributed by atoms with Crippen LogP contribution in [0.15, 0.2) is 51.9 Å². The number of nitrogens with zero attached hydrogens (tertiary/aromatic N) is 2. The molecular weight excluding hydrogens is 616 g/mol. The van der Waals surface area contributed by atoms with Gasteiger partial charge in [0.15, 0.2) is 0 Å². The van der Waals surface area contributed by atoms with Crippen LogP contribution in [0.2, 0.25) is 25.7 Å². The Hall–Kier alpha value is -2.76. The number of benzene rings is 2. The lowest BCUT2D eigenvalue weighted by Gasteiger charge is -2.25. The summed E-state index contributed by atoms with van der Waals surface area (Å²) in [7, 11) is -9.10. The molecule has 0 atom stereocenters. The summed E-state index contributed by atoms with van der Waals surface area (Å²) in [5.74, 6) is -0.0630. The monoisotopic (exact) mass is 651 g/mol. The quantitative estimate of drug-likeness (QED) is 0.179. The van der Waals surface area contributed by atoms with E-state index >= 15 is 0 Å².